The Labute approximate surface area is 165 Å². The molecular formula is C21H26N4O3. The molecular weight excluding hydrogens is 356 g/mol. The summed E-state index contributed by atoms with van der Waals surface area (Å²) < 4.78 is 0. The molecule has 0 saturated carbocycles. The topological polar surface area (TPSA) is 78.7 Å². The number of anilines is 2. The molecule has 0 bridgehead atoms. The maximum atomic E-state index is 12.6. The molecule has 0 radical (unpaired) electrons. The van der Waals surface area contributed by atoms with Gasteiger partial charge >= 0.3 is 0 Å². The van der Waals surface area contributed by atoms with Crippen LogP contribution in [0.3, 0.4) is 0 Å². The van der Waals surface area contributed by atoms with E-state index in [-0.39, 0.29) is 17.6 Å². The number of nitrogens with zero attached hydrogens (tertiary/aromatic N) is 3. The molecule has 1 aliphatic heterocycles. The molecule has 1 unspecified atom stereocenters. The number of hydrogen-bond acceptors (Lipinski definition) is 5. The van der Waals surface area contributed by atoms with Crippen molar-refractivity contribution < 1.29 is 9.72 Å². The highest BCUT2D eigenvalue weighted by Crippen LogP contribution is 2.24. The number of nitro benzene ring substituents is 1. The maximum absolute atomic E-state index is 12.6. The molecule has 7 heteroatoms. The standard InChI is InChI=1S/C21H26N4O3/c1-15-6-4-9-20(16(15)2)24-12-10-23(11-13-24)17(3)21(26)22-18-7-5-8-19(14-18)25(27)28/h4-9,14,17H,10-13H2,1-3H3,(H,22,26). The zero-order valence-corrected chi connectivity index (χ0v) is 16.5. The number of nitrogens with one attached hydrogen (secondary N) is 1. The summed E-state index contributed by atoms with van der Waals surface area (Å²) in [5.74, 6) is -0.152. The molecule has 7 nitrogen and oxygen atoms in total. The lowest BCUT2D eigenvalue weighted by atomic mass is 10.1. The van der Waals surface area contributed by atoms with Crippen LogP contribution in [0.25, 0.3) is 0 Å². The summed E-state index contributed by atoms with van der Waals surface area (Å²) in [6.45, 7) is 9.44. The zero-order valence-electron chi connectivity index (χ0n) is 16.5. The van der Waals surface area contributed by atoms with E-state index in [1.807, 2.05) is 6.92 Å². The zero-order chi connectivity index (χ0) is 20.3. The van der Waals surface area contributed by atoms with Gasteiger partial charge in [-0.15, -0.1) is 0 Å². The van der Waals surface area contributed by atoms with Gasteiger partial charge in [-0.2, -0.15) is 0 Å². The van der Waals surface area contributed by atoms with Gasteiger partial charge in [0.2, 0.25) is 5.91 Å². The predicted octanol–water partition coefficient (Wildman–Crippen LogP) is 3.36. The smallest absolute Gasteiger partial charge is 0.271 e. The molecule has 1 heterocycles. The molecule has 0 aliphatic carbocycles. The van der Waals surface area contributed by atoms with Gasteiger partial charge in [0.25, 0.3) is 5.69 Å². The molecule has 1 amide bonds. The van der Waals surface area contributed by atoms with Crippen molar-refractivity contribution in [3.05, 3.63) is 63.7 Å². The third-order valence-corrected chi connectivity index (χ3v) is 5.48. The van der Waals surface area contributed by atoms with Gasteiger partial charge < -0.3 is 10.2 Å². The lowest BCUT2D eigenvalue weighted by Crippen LogP contribution is -2.53. The van der Waals surface area contributed by atoms with Crippen molar-refractivity contribution in [3.8, 4) is 0 Å². The van der Waals surface area contributed by atoms with E-state index in [9.17, 15) is 14.9 Å². The Bertz CT molecular complexity index is 876. The average Bonchev–Trinajstić information content (AvgIpc) is 2.70. The Kier molecular flexibility index (Phi) is 5.94. The van der Waals surface area contributed by atoms with Crippen molar-refractivity contribution in [3.63, 3.8) is 0 Å². The van der Waals surface area contributed by atoms with Gasteiger partial charge in [-0.3, -0.25) is 19.8 Å². The number of carbonyl (C=O) groups excluding carboxylic acids is 1. The van der Waals surface area contributed by atoms with E-state index >= 15 is 0 Å². The van der Waals surface area contributed by atoms with Gasteiger partial charge in [-0.05, 0) is 44.0 Å². The first kappa shape index (κ1) is 19.8. The van der Waals surface area contributed by atoms with Gasteiger partial charge in [0.05, 0.1) is 11.0 Å². The van der Waals surface area contributed by atoms with Crippen molar-refractivity contribution in [1.82, 2.24) is 4.90 Å². The van der Waals surface area contributed by atoms with E-state index in [0.717, 1.165) is 26.2 Å². The van der Waals surface area contributed by atoms with Crippen LogP contribution in [0.4, 0.5) is 17.1 Å². The molecule has 2 aromatic carbocycles. The van der Waals surface area contributed by atoms with Crippen LogP contribution >= 0.6 is 0 Å². The fourth-order valence-electron chi connectivity index (χ4n) is 3.54. The Morgan fingerprint density at radius 1 is 1.11 bits per heavy atom. The van der Waals surface area contributed by atoms with Crippen LogP contribution in [-0.2, 0) is 4.79 Å². The summed E-state index contributed by atoms with van der Waals surface area (Å²) in [6.07, 6.45) is 0. The number of amides is 1. The van der Waals surface area contributed by atoms with Gasteiger partial charge in [0.15, 0.2) is 0 Å². The second-order valence-corrected chi connectivity index (χ2v) is 7.21. The molecule has 0 aromatic heterocycles. The molecule has 3 rings (SSSR count). The first-order chi connectivity index (χ1) is 13.4. The first-order valence-electron chi connectivity index (χ1n) is 9.47. The minimum Gasteiger partial charge on any atom is -0.369 e. The number of hydrogen-bond donors (Lipinski definition) is 1. The summed E-state index contributed by atoms with van der Waals surface area (Å²) in [5.41, 5.74) is 4.25. The van der Waals surface area contributed by atoms with Crippen LogP contribution in [0, 0.1) is 24.0 Å². The van der Waals surface area contributed by atoms with E-state index < -0.39 is 4.92 Å². The number of nitro groups is 1. The maximum Gasteiger partial charge on any atom is 0.271 e. The lowest BCUT2D eigenvalue weighted by Gasteiger charge is -2.39. The summed E-state index contributed by atoms with van der Waals surface area (Å²) in [4.78, 5) is 27.5. The number of carbonyl (C=O) groups is 1. The minimum absolute atomic E-state index is 0.0346. The third-order valence-electron chi connectivity index (χ3n) is 5.48. The fraction of sp³-hybridized carbons (Fsp3) is 0.381. The molecule has 1 atom stereocenters. The Hall–Kier alpha value is -2.93. The van der Waals surface area contributed by atoms with Crippen molar-refractivity contribution in [1.29, 1.82) is 0 Å². The van der Waals surface area contributed by atoms with Gasteiger partial charge in [-0.25, -0.2) is 0 Å². The number of piperazine rings is 1. The van der Waals surface area contributed by atoms with Crippen LogP contribution in [0.2, 0.25) is 0 Å². The van der Waals surface area contributed by atoms with Gasteiger partial charge in [-0.1, -0.05) is 18.2 Å². The molecule has 1 fully saturated rings. The number of rotatable bonds is 5. The van der Waals surface area contributed by atoms with E-state index in [0.29, 0.717) is 5.69 Å². The summed E-state index contributed by atoms with van der Waals surface area (Å²) in [6, 6.07) is 12.1. The molecule has 1 N–H and O–H groups in total. The fourth-order valence-corrected chi connectivity index (χ4v) is 3.54. The van der Waals surface area contributed by atoms with Crippen LogP contribution in [-0.4, -0.2) is 48.0 Å². The van der Waals surface area contributed by atoms with Gasteiger partial charge in [0, 0.05) is 49.7 Å². The first-order valence-corrected chi connectivity index (χ1v) is 9.47. The second kappa shape index (κ2) is 8.39. The van der Waals surface area contributed by atoms with Crippen molar-refractivity contribution in [2.75, 3.05) is 36.4 Å². The Morgan fingerprint density at radius 2 is 1.79 bits per heavy atom. The molecule has 1 aliphatic rings. The Morgan fingerprint density at radius 3 is 2.46 bits per heavy atom. The number of benzene rings is 2. The lowest BCUT2D eigenvalue weighted by molar-refractivity contribution is -0.384. The van der Waals surface area contributed by atoms with Crippen LogP contribution < -0.4 is 10.2 Å². The van der Waals surface area contributed by atoms with Crippen molar-refractivity contribution >= 4 is 23.0 Å². The Balaban J connectivity index is 1.59. The van der Waals surface area contributed by atoms with Crippen LogP contribution in [0.1, 0.15) is 18.1 Å². The largest absolute Gasteiger partial charge is 0.369 e. The minimum atomic E-state index is -0.467. The highest BCUT2D eigenvalue weighted by molar-refractivity contribution is 5.94. The summed E-state index contributed by atoms with van der Waals surface area (Å²) in [5, 5.41) is 13.7. The van der Waals surface area contributed by atoms with Gasteiger partial charge in [0.1, 0.15) is 0 Å². The van der Waals surface area contributed by atoms with Crippen LogP contribution in [0.15, 0.2) is 42.5 Å². The normalized spacial score (nSPS) is 15.9. The molecule has 0 spiro atoms. The second-order valence-electron chi connectivity index (χ2n) is 7.21. The SMILES string of the molecule is Cc1cccc(N2CCN(C(C)C(=O)Nc3cccc([N+](=O)[O-])c3)CC2)c1C. The monoisotopic (exact) mass is 382 g/mol. The van der Waals surface area contributed by atoms with E-state index in [1.165, 1.54) is 28.9 Å². The molecule has 2 aromatic rings. The quantitative estimate of drug-likeness (QED) is 0.634. The highest BCUT2D eigenvalue weighted by atomic mass is 16.6. The van der Waals surface area contributed by atoms with Crippen molar-refractivity contribution in [2.45, 2.75) is 26.8 Å². The molecule has 28 heavy (non-hydrogen) atoms. The van der Waals surface area contributed by atoms with E-state index in [4.69, 9.17) is 0 Å². The third kappa shape index (κ3) is 4.31. The van der Waals surface area contributed by atoms with Crippen molar-refractivity contribution in [2.24, 2.45) is 0 Å². The number of non-ortho nitro benzene ring substituents is 1. The van der Waals surface area contributed by atoms with Crippen LogP contribution in [0.5, 0.6) is 0 Å². The summed E-state index contributed by atoms with van der Waals surface area (Å²) in [7, 11) is 0. The summed E-state index contributed by atoms with van der Waals surface area (Å²) >= 11 is 0. The number of aryl methyl sites for hydroxylation is 1. The van der Waals surface area contributed by atoms with E-state index in [1.54, 1.807) is 12.1 Å². The average molecular weight is 382 g/mol. The van der Waals surface area contributed by atoms with E-state index in [2.05, 4.69) is 47.2 Å². The predicted molar refractivity (Wildman–Crippen MR) is 111 cm³/mol. The molecule has 148 valence electrons. The molecule has 1 saturated heterocycles. The highest BCUT2D eigenvalue weighted by Gasteiger charge is 2.26.